The molecular weight excluding hydrogens is 322 g/mol. The van der Waals surface area contributed by atoms with Crippen LogP contribution in [0.3, 0.4) is 0 Å². The Bertz CT molecular complexity index is 786. The highest BCUT2D eigenvalue weighted by Gasteiger charge is 2.42. The first-order valence-electron chi connectivity index (χ1n) is 8.83. The van der Waals surface area contributed by atoms with Crippen LogP contribution in [0.5, 0.6) is 0 Å². The lowest BCUT2D eigenvalue weighted by atomic mass is 9.82. The number of nitrogens with one attached hydrogen (secondary N) is 1. The number of H-pyrrole nitrogens is 1. The molecule has 2 aromatic rings. The first-order chi connectivity index (χ1) is 11.8. The average Bonchev–Trinajstić information content (AvgIpc) is 3.32. The molecule has 6 heteroatoms. The van der Waals surface area contributed by atoms with Crippen LogP contribution in [0, 0.1) is 0 Å². The van der Waals surface area contributed by atoms with Crippen LogP contribution in [0.2, 0.25) is 0 Å². The molecule has 1 aliphatic carbocycles. The fraction of sp³-hybridized carbons (Fsp3) is 0.556. The number of rotatable bonds is 1. The van der Waals surface area contributed by atoms with E-state index in [0.29, 0.717) is 5.69 Å². The third kappa shape index (κ3) is 2.09. The second kappa shape index (κ2) is 5.43. The Kier molecular flexibility index (Phi) is 3.31. The molecule has 2 aliphatic heterocycles. The second-order valence-electron chi connectivity index (χ2n) is 7.03. The highest BCUT2D eigenvalue weighted by Crippen LogP contribution is 2.43. The Morgan fingerprint density at radius 1 is 1.29 bits per heavy atom. The summed E-state index contributed by atoms with van der Waals surface area (Å²) in [6.45, 7) is 2.29. The molecule has 0 aromatic carbocycles. The number of hydrogen-bond acceptors (Lipinski definition) is 4. The molecule has 4 heterocycles. The van der Waals surface area contributed by atoms with Gasteiger partial charge in [-0.05, 0) is 49.1 Å². The summed E-state index contributed by atoms with van der Waals surface area (Å²) in [5.41, 5.74) is 4.16. The molecule has 1 amide bonds. The van der Waals surface area contributed by atoms with Gasteiger partial charge in [-0.15, -0.1) is 11.3 Å². The largest absolute Gasteiger partial charge is 0.370 e. The molecule has 1 saturated heterocycles. The maximum Gasteiger partial charge on any atom is 0.274 e. The molecule has 5 nitrogen and oxygen atoms in total. The number of aromatic amines is 1. The minimum absolute atomic E-state index is 0.0885. The molecule has 0 unspecified atom stereocenters. The van der Waals surface area contributed by atoms with Crippen molar-refractivity contribution in [2.45, 2.75) is 44.1 Å². The van der Waals surface area contributed by atoms with Crippen molar-refractivity contribution in [3.63, 3.8) is 0 Å². The van der Waals surface area contributed by atoms with Crippen LogP contribution in [0.1, 0.15) is 51.4 Å². The molecule has 0 saturated carbocycles. The monoisotopic (exact) mass is 343 g/mol. The first kappa shape index (κ1) is 14.7. The smallest absolute Gasteiger partial charge is 0.274 e. The van der Waals surface area contributed by atoms with Crippen molar-refractivity contribution in [1.82, 2.24) is 15.1 Å². The number of thiophene rings is 1. The average molecular weight is 343 g/mol. The molecule has 126 valence electrons. The summed E-state index contributed by atoms with van der Waals surface area (Å²) in [5, 5.41) is 9.52. The van der Waals surface area contributed by atoms with Crippen LogP contribution >= 0.6 is 11.3 Å². The summed E-state index contributed by atoms with van der Waals surface area (Å²) in [5.74, 6) is 0.0885. The van der Waals surface area contributed by atoms with E-state index in [-0.39, 0.29) is 11.5 Å². The predicted molar refractivity (Wildman–Crippen MR) is 91.4 cm³/mol. The molecule has 5 rings (SSSR count). The number of carbonyl (C=O) groups is 1. The van der Waals surface area contributed by atoms with Crippen LogP contribution in [-0.2, 0) is 29.6 Å². The van der Waals surface area contributed by atoms with E-state index in [2.05, 4.69) is 21.6 Å². The van der Waals surface area contributed by atoms with Crippen LogP contribution in [-0.4, -0.2) is 40.7 Å². The molecule has 24 heavy (non-hydrogen) atoms. The van der Waals surface area contributed by atoms with Gasteiger partial charge in [-0.2, -0.15) is 5.10 Å². The van der Waals surface area contributed by atoms with Gasteiger partial charge in [0.15, 0.2) is 5.69 Å². The number of carbonyl (C=O) groups excluding carboxylic acids is 1. The molecule has 0 bridgehead atoms. The van der Waals surface area contributed by atoms with E-state index in [0.717, 1.165) is 69.5 Å². The number of piperidine rings is 1. The van der Waals surface area contributed by atoms with Gasteiger partial charge in [0, 0.05) is 35.6 Å². The third-order valence-corrected chi connectivity index (χ3v) is 6.79. The van der Waals surface area contributed by atoms with Crippen LogP contribution in [0.25, 0.3) is 0 Å². The lowest BCUT2D eigenvalue weighted by molar-refractivity contribution is -0.0926. The van der Waals surface area contributed by atoms with Crippen molar-refractivity contribution in [1.29, 1.82) is 0 Å². The molecule has 0 atom stereocenters. The second-order valence-corrected chi connectivity index (χ2v) is 8.03. The topological polar surface area (TPSA) is 58.2 Å². The van der Waals surface area contributed by atoms with Crippen LogP contribution < -0.4 is 0 Å². The zero-order chi connectivity index (χ0) is 16.1. The van der Waals surface area contributed by atoms with Gasteiger partial charge in [-0.25, -0.2) is 0 Å². The Labute approximate surface area is 145 Å². The van der Waals surface area contributed by atoms with E-state index in [1.165, 1.54) is 10.4 Å². The Morgan fingerprint density at radius 2 is 2.17 bits per heavy atom. The Balaban J connectivity index is 1.35. The molecular formula is C18H21N3O2S. The van der Waals surface area contributed by atoms with Gasteiger partial charge < -0.3 is 9.64 Å². The first-order valence-corrected chi connectivity index (χ1v) is 9.71. The zero-order valence-corrected chi connectivity index (χ0v) is 14.5. The van der Waals surface area contributed by atoms with Gasteiger partial charge in [0.2, 0.25) is 0 Å². The summed E-state index contributed by atoms with van der Waals surface area (Å²) in [6, 6.07) is 2.22. The quantitative estimate of drug-likeness (QED) is 0.866. The van der Waals surface area contributed by atoms with Gasteiger partial charge in [-0.3, -0.25) is 9.89 Å². The Hall–Kier alpha value is -1.66. The predicted octanol–water partition coefficient (Wildman–Crippen LogP) is 2.66. The molecule has 1 spiro atoms. The number of nitrogens with zero attached hydrogens (tertiary/aromatic N) is 2. The maximum absolute atomic E-state index is 12.9. The standard InChI is InChI=1S/C18H21N3O2S/c22-17(16-12-2-1-3-14(12)19-20-16)21-8-6-18(7-9-21)13-5-11-24-15(13)4-10-23-18/h5,11H,1-4,6-10H2,(H,19,20). The SMILES string of the molecule is O=C(c1n[nH]c2c1CCC2)N1CCC2(CC1)OCCc1sccc12. The number of ether oxygens (including phenoxy) is 1. The fourth-order valence-corrected chi connectivity index (χ4v) is 5.44. The number of hydrogen-bond donors (Lipinski definition) is 1. The van der Waals surface area contributed by atoms with Crippen molar-refractivity contribution < 1.29 is 9.53 Å². The van der Waals surface area contributed by atoms with Gasteiger partial charge in [-0.1, -0.05) is 0 Å². The number of likely N-dealkylation sites (tertiary alicyclic amines) is 1. The minimum atomic E-state index is -0.169. The van der Waals surface area contributed by atoms with E-state index in [9.17, 15) is 4.79 Å². The van der Waals surface area contributed by atoms with E-state index >= 15 is 0 Å². The summed E-state index contributed by atoms with van der Waals surface area (Å²) < 4.78 is 6.23. The van der Waals surface area contributed by atoms with Crippen molar-refractivity contribution in [3.05, 3.63) is 38.8 Å². The van der Waals surface area contributed by atoms with Gasteiger partial charge in [0.1, 0.15) is 0 Å². The highest BCUT2D eigenvalue weighted by atomic mass is 32.1. The normalized spacial score (nSPS) is 21.8. The lowest BCUT2D eigenvalue weighted by Crippen LogP contribution is -2.48. The summed E-state index contributed by atoms with van der Waals surface area (Å²) in [7, 11) is 0. The third-order valence-electron chi connectivity index (χ3n) is 5.81. The van der Waals surface area contributed by atoms with Crippen LogP contribution in [0.4, 0.5) is 0 Å². The van der Waals surface area contributed by atoms with E-state index < -0.39 is 0 Å². The number of aryl methyl sites for hydroxylation is 1. The highest BCUT2D eigenvalue weighted by molar-refractivity contribution is 7.10. The van der Waals surface area contributed by atoms with Gasteiger partial charge >= 0.3 is 0 Å². The summed E-state index contributed by atoms with van der Waals surface area (Å²) >= 11 is 1.84. The fourth-order valence-electron chi connectivity index (χ4n) is 4.49. The van der Waals surface area contributed by atoms with Gasteiger partial charge in [0.05, 0.1) is 12.2 Å². The number of fused-ring (bicyclic) bond motifs is 3. The van der Waals surface area contributed by atoms with Crippen molar-refractivity contribution >= 4 is 17.2 Å². The lowest BCUT2D eigenvalue weighted by Gasteiger charge is -2.44. The van der Waals surface area contributed by atoms with Gasteiger partial charge in [0.25, 0.3) is 5.91 Å². The van der Waals surface area contributed by atoms with E-state index in [1.54, 1.807) is 0 Å². The maximum atomic E-state index is 12.9. The minimum Gasteiger partial charge on any atom is -0.370 e. The number of amides is 1. The summed E-state index contributed by atoms with van der Waals surface area (Å²) in [6.07, 6.45) is 5.92. The molecule has 2 aromatic heterocycles. The van der Waals surface area contributed by atoms with Crippen molar-refractivity contribution in [2.24, 2.45) is 0 Å². The summed E-state index contributed by atoms with van der Waals surface area (Å²) in [4.78, 5) is 16.3. The van der Waals surface area contributed by atoms with Crippen molar-refractivity contribution in [3.8, 4) is 0 Å². The van der Waals surface area contributed by atoms with E-state index in [1.807, 2.05) is 16.2 Å². The molecule has 1 N–H and O–H groups in total. The number of aromatic nitrogens is 2. The molecule has 0 radical (unpaired) electrons. The molecule has 3 aliphatic rings. The zero-order valence-electron chi connectivity index (χ0n) is 13.6. The molecule has 1 fully saturated rings. The Morgan fingerprint density at radius 3 is 3.04 bits per heavy atom. The van der Waals surface area contributed by atoms with Crippen molar-refractivity contribution in [2.75, 3.05) is 19.7 Å². The van der Waals surface area contributed by atoms with Crippen LogP contribution in [0.15, 0.2) is 11.4 Å². The van der Waals surface area contributed by atoms with E-state index in [4.69, 9.17) is 4.74 Å².